The van der Waals surface area contributed by atoms with Crippen LogP contribution in [0.15, 0.2) is 12.1 Å². The lowest BCUT2D eigenvalue weighted by Crippen LogP contribution is -2.32. The Bertz CT molecular complexity index is 980. The molecule has 0 bridgehead atoms. The van der Waals surface area contributed by atoms with Crippen LogP contribution in [0.2, 0.25) is 5.15 Å². The monoisotopic (exact) mass is 402 g/mol. The van der Waals surface area contributed by atoms with E-state index in [2.05, 4.69) is 26.3 Å². The molecule has 6 nitrogen and oxygen atoms in total. The molecule has 0 saturated heterocycles. The Morgan fingerprint density at radius 3 is 2.71 bits per heavy atom. The van der Waals surface area contributed by atoms with E-state index in [0.29, 0.717) is 43.1 Å². The first kappa shape index (κ1) is 19.9. The largest absolute Gasteiger partial charge is 0.357 e. The van der Waals surface area contributed by atoms with Crippen LogP contribution in [0.5, 0.6) is 0 Å². The number of nitrogens with zero attached hydrogens (tertiary/aromatic N) is 5. The van der Waals surface area contributed by atoms with Gasteiger partial charge < -0.3 is 5.32 Å². The topological polar surface area (TPSA) is 88.6 Å². The van der Waals surface area contributed by atoms with Crippen LogP contribution in [0, 0.1) is 29.6 Å². The number of nitriles is 2. The van der Waals surface area contributed by atoms with Gasteiger partial charge in [-0.1, -0.05) is 17.7 Å². The third-order valence-electron chi connectivity index (χ3n) is 4.71. The highest BCUT2D eigenvalue weighted by molar-refractivity contribution is 6.30. The van der Waals surface area contributed by atoms with Gasteiger partial charge in [0, 0.05) is 30.9 Å². The first-order chi connectivity index (χ1) is 13.4. The van der Waals surface area contributed by atoms with Crippen LogP contribution in [-0.2, 0) is 19.5 Å². The molecular weight excluding hydrogens is 386 g/mol. The van der Waals surface area contributed by atoms with E-state index in [-0.39, 0.29) is 17.4 Å². The molecule has 28 heavy (non-hydrogen) atoms. The predicted octanol–water partition coefficient (Wildman–Crippen LogP) is 3.74. The van der Waals surface area contributed by atoms with Gasteiger partial charge in [-0.05, 0) is 30.5 Å². The number of rotatable bonds is 5. The van der Waals surface area contributed by atoms with E-state index in [1.54, 1.807) is 13.0 Å². The van der Waals surface area contributed by atoms with Crippen molar-refractivity contribution in [3.63, 3.8) is 0 Å². The first-order valence-electron chi connectivity index (χ1n) is 8.63. The number of pyridine rings is 2. The molecule has 0 spiro atoms. The Hall–Kier alpha value is -2.81. The molecule has 0 unspecified atom stereocenters. The summed E-state index contributed by atoms with van der Waals surface area (Å²) in [4.78, 5) is 10.4. The Balaban J connectivity index is 1.87. The minimum Gasteiger partial charge on any atom is -0.357 e. The highest BCUT2D eigenvalue weighted by atomic mass is 35.5. The van der Waals surface area contributed by atoms with Gasteiger partial charge in [0.05, 0.1) is 11.6 Å². The molecule has 3 heterocycles. The lowest BCUT2D eigenvalue weighted by Gasteiger charge is -2.31. The number of fused-ring (bicyclic) bond motifs is 1. The predicted molar refractivity (Wildman–Crippen MR) is 99.8 cm³/mol. The van der Waals surface area contributed by atoms with Crippen LogP contribution in [-0.4, -0.2) is 28.0 Å². The van der Waals surface area contributed by atoms with Crippen LogP contribution < -0.4 is 5.32 Å². The maximum atomic E-state index is 12.8. The van der Waals surface area contributed by atoms with Crippen LogP contribution in [0.3, 0.4) is 0 Å². The van der Waals surface area contributed by atoms with E-state index in [4.69, 9.17) is 16.9 Å². The van der Waals surface area contributed by atoms with Crippen molar-refractivity contribution < 1.29 is 8.78 Å². The first-order valence-corrected chi connectivity index (χ1v) is 9.01. The summed E-state index contributed by atoms with van der Waals surface area (Å²) >= 11 is 6.13. The van der Waals surface area contributed by atoms with Crippen molar-refractivity contribution in [1.29, 1.82) is 10.5 Å². The highest BCUT2D eigenvalue weighted by Gasteiger charge is 2.25. The number of hydrogen-bond donors (Lipinski definition) is 1. The summed E-state index contributed by atoms with van der Waals surface area (Å²) in [5.41, 5.74) is 3.23. The van der Waals surface area contributed by atoms with Gasteiger partial charge in [-0.2, -0.15) is 10.5 Å². The Morgan fingerprint density at radius 1 is 1.29 bits per heavy atom. The molecule has 0 aromatic carbocycles. The number of nitrogens with one attached hydrogen (secondary N) is 1. The Labute approximate surface area is 166 Å². The molecular formula is C19H17ClF2N6. The lowest BCUT2D eigenvalue weighted by molar-refractivity contribution is 0.145. The summed E-state index contributed by atoms with van der Waals surface area (Å²) in [6.07, 6.45) is -1.99. The molecule has 0 amide bonds. The molecule has 0 fully saturated rings. The summed E-state index contributed by atoms with van der Waals surface area (Å²) in [5, 5.41) is 21.3. The average Bonchev–Trinajstić information content (AvgIpc) is 2.67. The van der Waals surface area contributed by atoms with Gasteiger partial charge >= 0.3 is 0 Å². The molecule has 0 saturated carbocycles. The SMILES string of the molecule is Cc1nc(C(F)F)ccc1CN1CCc2c(C#N)c(Cl)nc(NCC#N)c2C1. The van der Waals surface area contributed by atoms with E-state index in [1.165, 1.54) is 6.07 Å². The van der Waals surface area contributed by atoms with Crippen molar-refractivity contribution in [3.8, 4) is 12.1 Å². The zero-order valence-corrected chi connectivity index (χ0v) is 15.9. The second-order valence-corrected chi connectivity index (χ2v) is 6.81. The second kappa shape index (κ2) is 8.47. The highest BCUT2D eigenvalue weighted by Crippen LogP contribution is 2.32. The fraction of sp³-hybridized carbons (Fsp3) is 0.368. The van der Waals surface area contributed by atoms with Gasteiger partial charge in [-0.15, -0.1) is 0 Å². The van der Waals surface area contributed by atoms with Gasteiger partial charge in [0.2, 0.25) is 0 Å². The summed E-state index contributed by atoms with van der Waals surface area (Å²) < 4.78 is 25.6. The zero-order chi connectivity index (χ0) is 20.3. The molecule has 2 aromatic rings. The van der Waals surface area contributed by atoms with Crippen molar-refractivity contribution >= 4 is 17.4 Å². The zero-order valence-electron chi connectivity index (χ0n) is 15.1. The summed E-state index contributed by atoms with van der Waals surface area (Å²) in [7, 11) is 0. The van der Waals surface area contributed by atoms with Crippen molar-refractivity contribution in [2.24, 2.45) is 0 Å². The van der Waals surface area contributed by atoms with Crippen LogP contribution in [0.1, 0.15) is 40.1 Å². The number of aryl methyl sites for hydroxylation is 1. The molecule has 3 rings (SSSR count). The lowest BCUT2D eigenvalue weighted by atomic mass is 9.96. The molecule has 0 aliphatic carbocycles. The molecule has 1 aliphatic rings. The molecule has 1 N–H and O–H groups in total. The number of anilines is 1. The summed E-state index contributed by atoms with van der Waals surface area (Å²) in [6.45, 7) is 3.49. The maximum absolute atomic E-state index is 12.8. The van der Waals surface area contributed by atoms with Gasteiger partial charge in [-0.25, -0.2) is 13.8 Å². The van der Waals surface area contributed by atoms with Crippen LogP contribution in [0.25, 0.3) is 0 Å². The van der Waals surface area contributed by atoms with Crippen LogP contribution in [0.4, 0.5) is 14.6 Å². The molecule has 1 aliphatic heterocycles. The summed E-state index contributed by atoms with van der Waals surface area (Å²) in [5.74, 6) is 0.494. The third kappa shape index (κ3) is 4.04. The van der Waals surface area contributed by atoms with Gasteiger partial charge in [0.25, 0.3) is 6.43 Å². The van der Waals surface area contributed by atoms with E-state index in [9.17, 15) is 14.0 Å². The van der Waals surface area contributed by atoms with Crippen molar-refractivity contribution in [2.75, 3.05) is 18.4 Å². The number of alkyl halides is 2. The van der Waals surface area contributed by atoms with E-state index in [0.717, 1.165) is 16.7 Å². The minimum absolute atomic E-state index is 0.0692. The third-order valence-corrected chi connectivity index (χ3v) is 4.98. The standard InChI is InChI=1S/C19H17ClF2N6/c1-11-12(2-3-16(26-11)18(21)22)9-28-7-4-13-14(8-24)17(20)27-19(15(13)10-28)25-6-5-23/h2-3,18H,4,6-7,9-10H2,1H3,(H,25,27). The molecule has 0 atom stereocenters. The second-order valence-electron chi connectivity index (χ2n) is 6.45. The van der Waals surface area contributed by atoms with Crippen molar-refractivity contribution in [1.82, 2.24) is 14.9 Å². The fourth-order valence-corrected chi connectivity index (χ4v) is 3.56. The fourth-order valence-electron chi connectivity index (χ4n) is 3.32. The molecule has 9 heteroatoms. The number of aromatic nitrogens is 2. The molecule has 144 valence electrons. The molecule has 0 radical (unpaired) electrons. The normalized spacial score (nSPS) is 13.7. The Kier molecular flexibility index (Phi) is 6.03. The minimum atomic E-state index is -2.59. The van der Waals surface area contributed by atoms with Gasteiger partial charge in [-0.3, -0.25) is 9.88 Å². The van der Waals surface area contributed by atoms with Crippen molar-refractivity contribution in [3.05, 3.63) is 50.9 Å². The van der Waals surface area contributed by atoms with E-state index >= 15 is 0 Å². The Morgan fingerprint density at radius 2 is 2.07 bits per heavy atom. The maximum Gasteiger partial charge on any atom is 0.280 e. The number of hydrogen-bond acceptors (Lipinski definition) is 6. The average molecular weight is 403 g/mol. The summed E-state index contributed by atoms with van der Waals surface area (Å²) in [6, 6.07) is 7.13. The van der Waals surface area contributed by atoms with Gasteiger partial charge in [0.1, 0.15) is 29.3 Å². The van der Waals surface area contributed by atoms with E-state index in [1.807, 2.05) is 6.07 Å². The smallest absolute Gasteiger partial charge is 0.280 e. The van der Waals surface area contributed by atoms with Crippen molar-refractivity contribution in [2.45, 2.75) is 32.9 Å². The van der Waals surface area contributed by atoms with Crippen LogP contribution >= 0.6 is 11.6 Å². The van der Waals surface area contributed by atoms with E-state index < -0.39 is 6.43 Å². The quantitative estimate of drug-likeness (QED) is 0.605. The van der Waals surface area contributed by atoms with Gasteiger partial charge in [0.15, 0.2) is 0 Å². The molecule has 2 aromatic heterocycles. The number of halogens is 3.